The lowest BCUT2D eigenvalue weighted by Gasteiger charge is -2.17. The molecule has 0 aliphatic rings. The van der Waals surface area contributed by atoms with Gasteiger partial charge in [0.2, 0.25) is 0 Å². The smallest absolute Gasteiger partial charge is 0.272 e. The van der Waals surface area contributed by atoms with E-state index in [4.69, 9.17) is 16.3 Å². The molecule has 0 saturated heterocycles. The van der Waals surface area contributed by atoms with Gasteiger partial charge in [0.25, 0.3) is 11.7 Å². The Balaban J connectivity index is 1.91. The molecule has 7 nitrogen and oxygen atoms in total. The SMILES string of the molecule is Cc1cc(Cl)ccc1O[C@@H](C)c1ccnc2nc(N=CN(C)C)nn12. The summed E-state index contributed by atoms with van der Waals surface area (Å²) in [6, 6.07) is 7.40. The average Bonchev–Trinajstić information content (AvgIpc) is 2.98. The van der Waals surface area contributed by atoms with Crippen LogP contribution in [0.25, 0.3) is 5.78 Å². The molecule has 0 aliphatic carbocycles. The first kappa shape index (κ1) is 17.2. The Morgan fingerprint density at radius 1 is 1.32 bits per heavy atom. The lowest BCUT2D eigenvalue weighted by Crippen LogP contribution is -2.10. The second-order valence-electron chi connectivity index (χ2n) is 5.87. The van der Waals surface area contributed by atoms with E-state index in [1.54, 1.807) is 17.1 Å². The summed E-state index contributed by atoms with van der Waals surface area (Å²) in [6.07, 6.45) is 3.08. The maximum absolute atomic E-state index is 6.08. The Labute approximate surface area is 150 Å². The summed E-state index contributed by atoms with van der Waals surface area (Å²) in [7, 11) is 3.76. The highest BCUT2D eigenvalue weighted by Crippen LogP contribution is 2.27. The van der Waals surface area contributed by atoms with Crippen LogP contribution >= 0.6 is 11.6 Å². The van der Waals surface area contributed by atoms with Crippen molar-refractivity contribution in [2.24, 2.45) is 4.99 Å². The zero-order valence-electron chi connectivity index (χ0n) is 14.5. The first-order valence-electron chi connectivity index (χ1n) is 7.79. The fraction of sp³-hybridized carbons (Fsp3) is 0.294. The number of hydrogen-bond acceptors (Lipinski definition) is 5. The van der Waals surface area contributed by atoms with Crippen molar-refractivity contribution in [3.05, 3.63) is 46.7 Å². The minimum Gasteiger partial charge on any atom is -0.484 e. The summed E-state index contributed by atoms with van der Waals surface area (Å²) in [6.45, 7) is 3.91. The summed E-state index contributed by atoms with van der Waals surface area (Å²) in [4.78, 5) is 14.6. The van der Waals surface area contributed by atoms with Gasteiger partial charge in [-0.3, -0.25) is 0 Å². The van der Waals surface area contributed by atoms with Crippen LogP contribution in [0.4, 0.5) is 5.95 Å². The number of halogens is 1. The molecule has 0 saturated carbocycles. The standard InChI is InChI=1S/C17H19ClN6O/c1-11-9-13(18)5-6-15(11)25-12(2)14-7-8-19-17-21-16(22-24(14)17)20-10-23(3)4/h5-10,12H,1-4H3/t12-/m0/s1. The Hall–Kier alpha value is -2.67. The minimum atomic E-state index is -0.252. The maximum atomic E-state index is 6.08. The lowest BCUT2D eigenvalue weighted by atomic mass is 10.2. The van der Waals surface area contributed by atoms with Crippen molar-refractivity contribution in [1.29, 1.82) is 0 Å². The van der Waals surface area contributed by atoms with Crippen molar-refractivity contribution in [3.63, 3.8) is 0 Å². The highest BCUT2D eigenvalue weighted by atomic mass is 35.5. The molecular weight excluding hydrogens is 340 g/mol. The molecule has 130 valence electrons. The lowest BCUT2D eigenvalue weighted by molar-refractivity contribution is 0.217. The number of aryl methyl sites for hydroxylation is 1. The van der Waals surface area contributed by atoms with Gasteiger partial charge in [0.05, 0.1) is 12.0 Å². The van der Waals surface area contributed by atoms with Gasteiger partial charge in [-0.25, -0.2) is 9.98 Å². The maximum Gasteiger partial charge on any atom is 0.272 e. The summed E-state index contributed by atoms with van der Waals surface area (Å²) < 4.78 is 7.73. The first-order chi connectivity index (χ1) is 11.9. The summed E-state index contributed by atoms with van der Waals surface area (Å²) >= 11 is 6.00. The van der Waals surface area contributed by atoms with Gasteiger partial charge in [-0.15, -0.1) is 5.10 Å². The second kappa shape index (κ2) is 7.06. The van der Waals surface area contributed by atoms with Crippen LogP contribution in [0.1, 0.15) is 24.3 Å². The van der Waals surface area contributed by atoms with Gasteiger partial charge in [-0.2, -0.15) is 9.50 Å². The van der Waals surface area contributed by atoms with Crippen LogP contribution in [0.5, 0.6) is 5.75 Å². The number of hydrogen-bond donors (Lipinski definition) is 0. The van der Waals surface area contributed by atoms with Crippen LogP contribution in [-0.2, 0) is 0 Å². The minimum absolute atomic E-state index is 0.252. The highest BCUT2D eigenvalue weighted by molar-refractivity contribution is 6.30. The van der Waals surface area contributed by atoms with Crippen LogP contribution in [-0.4, -0.2) is 44.9 Å². The average molecular weight is 359 g/mol. The predicted molar refractivity (Wildman–Crippen MR) is 97.9 cm³/mol. The molecule has 0 bridgehead atoms. The molecule has 2 heterocycles. The van der Waals surface area contributed by atoms with Crippen molar-refractivity contribution in [3.8, 4) is 5.75 Å². The molecule has 1 atom stereocenters. The van der Waals surface area contributed by atoms with Gasteiger partial charge in [0, 0.05) is 25.3 Å². The Morgan fingerprint density at radius 3 is 2.84 bits per heavy atom. The van der Waals surface area contributed by atoms with Gasteiger partial charge < -0.3 is 9.64 Å². The molecule has 0 radical (unpaired) electrons. The third kappa shape index (κ3) is 3.88. The van der Waals surface area contributed by atoms with Crippen LogP contribution in [0.3, 0.4) is 0 Å². The van der Waals surface area contributed by atoms with Crippen LogP contribution in [0.15, 0.2) is 35.5 Å². The van der Waals surface area contributed by atoms with Gasteiger partial charge in [0.1, 0.15) is 11.9 Å². The van der Waals surface area contributed by atoms with E-state index in [9.17, 15) is 0 Å². The number of rotatable bonds is 5. The van der Waals surface area contributed by atoms with Crippen molar-refractivity contribution in [1.82, 2.24) is 24.5 Å². The monoisotopic (exact) mass is 358 g/mol. The Morgan fingerprint density at radius 2 is 2.12 bits per heavy atom. The quantitative estimate of drug-likeness (QED) is 0.516. The fourth-order valence-electron chi connectivity index (χ4n) is 2.33. The molecule has 2 aromatic heterocycles. The number of aromatic nitrogens is 4. The molecule has 0 aliphatic heterocycles. The summed E-state index contributed by atoms with van der Waals surface area (Å²) in [5.74, 6) is 1.60. The van der Waals surface area contributed by atoms with Crippen molar-refractivity contribution >= 4 is 29.7 Å². The predicted octanol–water partition coefficient (Wildman–Crippen LogP) is 3.45. The molecule has 0 spiro atoms. The largest absolute Gasteiger partial charge is 0.484 e. The van der Waals surface area contributed by atoms with E-state index in [0.717, 1.165) is 17.0 Å². The highest BCUT2D eigenvalue weighted by Gasteiger charge is 2.15. The normalized spacial score (nSPS) is 12.7. The van der Waals surface area contributed by atoms with Gasteiger partial charge in [0.15, 0.2) is 0 Å². The van der Waals surface area contributed by atoms with Crippen LogP contribution in [0, 0.1) is 6.92 Å². The molecule has 8 heteroatoms. The molecule has 0 N–H and O–H groups in total. The number of benzene rings is 1. The molecule has 1 aromatic carbocycles. The molecule has 0 unspecified atom stereocenters. The van der Waals surface area contributed by atoms with E-state index in [1.165, 1.54) is 0 Å². The third-order valence-corrected chi connectivity index (χ3v) is 3.76. The third-order valence-electron chi connectivity index (χ3n) is 3.52. The summed E-state index contributed by atoms with van der Waals surface area (Å²) in [5, 5.41) is 5.09. The van der Waals surface area contributed by atoms with Gasteiger partial charge in [-0.05, 0) is 43.7 Å². The molecule has 0 amide bonds. The van der Waals surface area contributed by atoms with Gasteiger partial charge >= 0.3 is 0 Å². The number of nitrogens with zero attached hydrogens (tertiary/aromatic N) is 6. The van der Waals surface area contributed by atoms with E-state index in [1.807, 2.05) is 57.1 Å². The number of ether oxygens (including phenoxy) is 1. The van der Waals surface area contributed by atoms with Crippen LogP contribution in [0.2, 0.25) is 5.02 Å². The van der Waals surface area contributed by atoms with E-state index < -0.39 is 0 Å². The van der Waals surface area contributed by atoms with Crippen molar-refractivity contribution in [2.45, 2.75) is 20.0 Å². The Bertz CT molecular complexity index is 921. The Kier molecular flexibility index (Phi) is 4.85. The topological polar surface area (TPSA) is 67.9 Å². The molecule has 25 heavy (non-hydrogen) atoms. The summed E-state index contributed by atoms with van der Waals surface area (Å²) in [5.41, 5.74) is 1.80. The number of fused-ring (bicyclic) bond motifs is 1. The van der Waals surface area contributed by atoms with E-state index in [0.29, 0.717) is 16.7 Å². The zero-order chi connectivity index (χ0) is 18.0. The molecular formula is C17H19ClN6O. The zero-order valence-corrected chi connectivity index (χ0v) is 15.3. The van der Waals surface area contributed by atoms with E-state index >= 15 is 0 Å². The van der Waals surface area contributed by atoms with Crippen LogP contribution < -0.4 is 4.74 Å². The molecule has 3 aromatic rings. The molecule has 3 rings (SSSR count). The fourth-order valence-corrected chi connectivity index (χ4v) is 2.55. The number of aliphatic imine (C=N–C) groups is 1. The van der Waals surface area contributed by atoms with E-state index in [2.05, 4.69) is 20.1 Å². The first-order valence-corrected chi connectivity index (χ1v) is 8.17. The van der Waals surface area contributed by atoms with Crippen molar-refractivity contribution in [2.75, 3.05) is 14.1 Å². The van der Waals surface area contributed by atoms with E-state index in [-0.39, 0.29) is 6.10 Å². The second-order valence-corrected chi connectivity index (χ2v) is 6.31. The molecule has 0 fully saturated rings. The van der Waals surface area contributed by atoms with Crippen molar-refractivity contribution < 1.29 is 4.74 Å². The van der Waals surface area contributed by atoms with Gasteiger partial charge in [-0.1, -0.05) is 11.6 Å².